The first kappa shape index (κ1) is 18.3. The topological polar surface area (TPSA) is 41.9 Å². The molecule has 4 nitrogen and oxygen atoms in total. The van der Waals surface area contributed by atoms with Crippen molar-refractivity contribution in [2.45, 2.75) is 18.9 Å². The minimum Gasteiger partial charge on any atom is -0.497 e. The fraction of sp³-hybridized carbons (Fsp3) is 0.400. The van der Waals surface area contributed by atoms with Gasteiger partial charge in [-0.25, -0.2) is 0 Å². The normalized spacial score (nSPS) is 12.2. The Labute approximate surface area is 144 Å². The van der Waals surface area contributed by atoms with Crippen LogP contribution < -0.4 is 9.47 Å². The van der Waals surface area contributed by atoms with E-state index in [4.69, 9.17) is 9.47 Å². The molecular weight excluding hydrogens is 302 g/mol. The summed E-state index contributed by atoms with van der Waals surface area (Å²) in [7, 11) is 5.57. The average Bonchev–Trinajstić information content (AvgIpc) is 2.61. The number of likely N-dealkylation sites (N-methyl/N-ethyl adjacent to an activating group) is 1. The van der Waals surface area contributed by atoms with Gasteiger partial charge in [-0.15, -0.1) is 0 Å². The Hall–Kier alpha value is -2.04. The van der Waals surface area contributed by atoms with Crippen molar-refractivity contribution in [1.29, 1.82) is 0 Å². The van der Waals surface area contributed by atoms with Crippen molar-refractivity contribution < 1.29 is 14.6 Å². The van der Waals surface area contributed by atoms with Gasteiger partial charge in [-0.05, 0) is 56.3 Å². The zero-order valence-corrected chi connectivity index (χ0v) is 14.7. The van der Waals surface area contributed by atoms with Crippen LogP contribution in [0.15, 0.2) is 48.5 Å². The molecule has 0 aliphatic rings. The van der Waals surface area contributed by atoms with Crippen LogP contribution in [0, 0.1) is 0 Å². The van der Waals surface area contributed by atoms with Crippen molar-refractivity contribution in [1.82, 2.24) is 4.90 Å². The number of rotatable bonds is 9. The minimum atomic E-state index is -0.00330. The number of aryl methyl sites for hydroxylation is 2. The van der Waals surface area contributed by atoms with Gasteiger partial charge in [0, 0.05) is 0 Å². The monoisotopic (exact) mass is 329 g/mol. The van der Waals surface area contributed by atoms with E-state index in [0.717, 1.165) is 24.3 Å². The number of hydrogen-bond donors (Lipinski definition) is 1. The van der Waals surface area contributed by atoms with Crippen LogP contribution in [0.5, 0.6) is 11.5 Å². The van der Waals surface area contributed by atoms with E-state index >= 15 is 0 Å². The summed E-state index contributed by atoms with van der Waals surface area (Å²) in [6, 6.07) is 16.2. The summed E-state index contributed by atoms with van der Waals surface area (Å²) in [5.41, 5.74) is 2.42. The lowest BCUT2D eigenvalue weighted by Crippen LogP contribution is -2.36. The maximum absolute atomic E-state index is 9.41. The van der Waals surface area contributed by atoms with Gasteiger partial charge in [-0.1, -0.05) is 30.3 Å². The summed E-state index contributed by atoms with van der Waals surface area (Å²) in [5.74, 6) is 1.77. The van der Waals surface area contributed by atoms with Crippen molar-refractivity contribution in [2.75, 3.05) is 34.4 Å². The van der Waals surface area contributed by atoms with Crippen molar-refractivity contribution in [2.24, 2.45) is 0 Å². The third kappa shape index (κ3) is 5.25. The van der Waals surface area contributed by atoms with Crippen LogP contribution in [-0.4, -0.2) is 50.5 Å². The van der Waals surface area contributed by atoms with Gasteiger partial charge in [0.25, 0.3) is 0 Å². The molecule has 1 unspecified atom stereocenters. The van der Waals surface area contributed by atoms with E-state index in [-0.39, 0.29) is 12.6 Å². The molecule has 4 heteroatoms. The molecule has 0 saturated heterocycles. The summed E-state index contributed by atoms with van der Waals surface area (Å²) in [4.78, 5) is 1.97. The third-order valence-corrected chi connectivity index (χ3v) is 4.16. The number of ether oxygens (including phenoxy) is 2. The van der Waals surface area contributed by atoms with Crippen LogP contribution in [0.3, 0.4) is 0 Å². The molecule has 1 N–H and O–H groups in total. The smallest absolute Gasteiger partial charge is 0.122 e. The highest BCUT2D eigenvalue weighted by Gasteiger charge is 2.12. The molecule has 0 heterocycles. The largest absolute Gasteiger partial charge is 0.497 e. The first-order valence-electron chi connectivity index (χ1n) is 8.25. The van der Waals surface area contributed by atoms with Crippen molar-refractivity contribution in [3.8, 4) is 11.5 Å². The predicted octanol–water partition coefficient (Wildman–Crippen LogP) is 2.78. The van der Waals surface area contributed by atoms with Crippen LogP contribution >= 0.6 is 0 Å². The number of para-hydroxylation sites is 1. The molecule has 2 aromatic rings. The number of methoxy groups -OCH3 is 1. The highest BCUT2D eigenvalue weighted by molar-refractivity contribution is 5.35. The number of aliphatic hydroxyl groups excluding tert-OH is 1. The summed E-state index contributed by atoms with van der Waals surface area (Å²) in [6.07, 6.45) is 1.82. The lowest BCUT2D eigenvalue weighted by molar-refractivity contribution is 0.118. The molecule has 24 heavy (non-hydrogen) atoms. The molecular formula is C20H27NO3. The van der Waals surface area contributed by atoms with Crippen LogP contribution in [0.1, 0.15) is 11.1 Å². The summed E-state index contributed by atoms with van der Waals surface area (Å²) < 4.78 is 11.2. The van der Waals surface area contributed by atoms with E-state index in [2.05, 4.69) is 18.2 Å². The Morgan fingerprint density at radius 2 is 1.83 bits per heavy atom. The lowest BCUT2D eigenvalue weighted by atomic mass is 10.0. The number of benzene rings is 2. The Kier molecular flexibility index (Phi) is 7.09. The Balaban J connectivity index is 2.00. The first-order valence-corrected chi connectivity index (χ1v) is 8.25. The molecule has 0 fully saturated rings. The zero-order chi connectivity index (χ0) is 17.4. The Morgan fingerprint density at radius 3 is 2.54 bits per heavy atom. The van der Waals surface area contributed by atoms with Gasteiger partial charge in [0.05, 0.1) is 19.8 Å². The van der Waals surface area contributed by atoms with Gasteiger partial charge in [-0.3, -0.25) is 0 Å². The highest BCUT2D eigenvalue weighted by Crippen LogP contribution is 2.21. The summed E-state index contributed by atoms with van der Waals surface area (Å²) in [5, 5.41) is 9.41. The summed E-state index contributed by atoms with van der Waals surface area (Å²) >= 11 is 0. The second-order valence-electron chi connectivity index (χ2n) is 6.07. The van der Waals surface area contributed by atoms with E-state index in [1.807, 2.05) is 49.3 Å². The summed E-state index contributed by atoms with van der Waals surface area (Å²) in [6.45, 7) is 0.554. The van der Waals surface area contributed by atoms with Crippen LogP contribution in [-0.2, 0) is 12.8 Å². The number of hydrogen-bond acceptors (Lipinski definition) is 4. The van der Waals surface area contributed by atoms with Crippen molar-refractivity contribution in [3.63, 3.8) is 0 Å². The van der Waals surface area contributed by atoms with Gasteiger partial charge in [0.15, 0.2) is 0 Å². The number of nitrogens with zero attached hydrogens (tertiary/aromatic N) is 1. The molecule has 0 radical (unpaired) electrons. The molecule has 2 aromatic carbocycles. The Morgan fingerprint density at radius 1 is 1.04 bits per heavy atom. The standard InChI is InChI=1S/C20H27NO3/c1-21(2)18(14-22)15-24-20-10-5-4-8-17(20)12-11-16-7-6-9-19(13-16)23-3/h4-10,13,18,22H,11-12,14-15H2,1-3H3. The second kappa shape index (κ2) is 9.30. The van der Waals surface area contributed by atoms with E-state index < -0.39 is 0 Å². The van der Waals surface area contributed by atoms with Crippen molar-refractivity contribution in [3.05, 3.63) is 59.7 Å². The van der Waals surface area contributed by atoms with Crippen LogP contribution in [0.25, 0.3) is 0 Å². The van der Waals surface area contributed by atoms with E-state index in [9.17, 15) is 5.11 Å². The van der Waals surface area contributed by atoms with E-state index in [1.165, 1.54) is 11.1 Å². The van der Waals surface area contributed by atoms with Gasteiger partial charge in [-0.2, -0.15) is 0 Å². The van der Waals surface area contributed by atoms with E-state index in [1.54, 1.807) is 7.11 Å². The quantitative estimate of drug-likeness (QED) is 0.768. The zero-order valence-electron chi connectivity index (χ0n) is 14.7. The molecule has 1 atom stereocenters. The SMILES string of the molecule is COc1cccc(CCc2ccccc2OCC(CO)N(C)C)c1. The molecule has 0 aromatic heterocycles. The molecule has 0 amide bonds. The first-order chi connectivity index (χ1) is 11.6. The van der Waals surface area contributed by atoms with Gasteiger partial charge in [0.2, 0.25) is 0 Å². The molecule has 0 saturated carbocycles. The van der Waals surface area contributed by atoms with Crippen LogP contribution in [0.2, 0.25) is 0 Å². The molecule has 130 valence electrons. The third-order valence-electron chi connectivity index (χ3n) is 4.16. The average molecular weight is 329 g/mol. The fourth-order valence-electron chi connectivity index (χ4n) is 2.51. The molecule has 0 spiro atoms. The van der Waals surface area contributed by atoms with E-state index in [0.29, 0.717) is 6.61 Å². The predicted molar refractivity (Wildman–Crippen MR) is 96.9 cm³/mol. The molecule has 2 rings (SSSR count). The maximum Gasteiger partial charge on any atom is 0.122 e. The van der Waals surface area contributed by atoms with Crippen molar-refractivity contribution >= 4 is 0 Å². The number of aliphatic hydroxyl groups is 1. The molecule has 0 bridgehead atoms. The molecule has 0 aliphatic heterocycles. The maximum atomic E-state index is 9.41. The van der Waals surface area contributed by atoms with Gasteiger partial charge >= 0.3 is 0 Å². The second-order valence-corrected chi connectivity index (χ2v) is 6.07. The molecule has 0 aliphatic carbocycles. The fourth-order valence-corrected chi connectivity index (χ4v) is 2.51. The minimum absolute atomic E-state index is 0.00330. The highest BCUT2D eigenvalue weighted by atomic mass is 16.5. The van der Waals surface area contributed by atoms with Crippen LogP contribution in [0.4, 0.5) is 0 Å². The lowest BCUT2D eigenvalue weighted by Gasteiger charge is -2.23. The Bertz CT molecular complexity index is 628. The van der Waals surface area contributed by atoms with Gasteiger partial charge < -0.3 is 19.5 Å². The van der Waals surface area contributed by atoms with Gasteiger partial charge in [0.1, 0.15) is 18.1 Å².